The van der Waals surface area contributed by atoms with Gasteiger partial charge in [0, 0.05) is 21.0 Å². The first-order valence-corrected chi connectivity index (χ1v) is 5.08. The molecule has 0 saturated heterocycles. The molecule has 0 unspecified atom stereocenters. The van der Waals surface area contributed by atoms with Crippen LogP contribution in [0.5, 0.6) is 0 Å². The Kier molecular flexibility index (Phi) is 2.25. The Morgan fingerprint density at radius 3 is 2.71 bits per heavy atom. The molecule has 0 bridgehead atoms. The van der Waals surface area contributed by atoms with Gasteiger partial charge in [0.2, 0.25) is 0 Å². The van der Waals surface area contributed by atoms with Gasteiger partial charge in [0.25, 0.3) is 5.92 Å². The molecule has 0 saturated carbocycles. The molecule has 0 aliphatic carbocycles. The van der Waals surface area contributed by atoms with E-state index in [0.29, 0.717) is 5.39 Å². The van der Waals surface area contributed by atoms with Crippen molar-refractivity contribution in [2.75, 3.05) is 6.54 Å². The van der Waals surface area contributed by atoms with Crippen molar-refractivity contribution in [3.05, 3.63) is 35.2 Å². The minimum Gasteiger partial charge on any atom is -0.325 e. The minimum absolute atomic E-state index is 0.0422. The largest absolute Gasteiger partial charge is 0.325 e. The van der Waals surface area contributed by atoms with Gasteiger partial charge in [-0.1, -0.05) is 18.2 Å². The summed E-state index contributed by atoms with van der Waals surface area (Å²) >= 11 is 1.32. The van der Waals surface area contributed by atoms with Crippen molar-refractivity contribution in [1.82, 2.24) is 0 Å². The van der Waals surface area contributed by atoms with E-state index in [1.54, 1.807) is 12.1 Å². The quantitative estimate of drug-likeness (QED) is 0.815. The zero-order valence-corrected chi connectivity index (χ0v) is 8.15. The van der Waals surface area contributed by atoms with Crippen LogP contribution in [0.15, 0.2) is 29.6 Å². The molecule has 0 aliphatic heterocycles. The SMILES string of the molecule is NCC(F)(F)c1csc2ccccc12. The van der Waals surface area contributed by atoms with Crippen LogP contribution >= 0.6 is 11.3 Å². The van der Waals surface area contributed by atoms with Gasteiger partial charge in [0.1, 0.15) is 0 Å². The van der Waals surface area contributed by atoms with Gasteiger partial charge in [0.15, 0.2) is 0 Å². The molecule has 0 aliphatic rings. The highest BCUT2D eigenvalue weighted by Gasteiger charge is 2.32. The first-order valence-electron chi connectivity index (χ1n) is 4.20. The molecule has 4 heteroatoms. The number of halogens is 2. The monoisotopic (exact) mass is 213 g/mol. The van der Waals surface area contributed by atoms with Gasteiger partial charge in [0.05, 0.1) is 6.54 Å². The third kappa shape index (κ3) is 1.40. The molecule has 0 atom stereocenters. The highest BCUT2D eigenvalue weighted by atomic mass is 32.1. The lowest BCUT2D eigenvalue weighted by Crippen LogP contribution is -2.24. The van der Waals surface area contributed by atoms with Gasteiger partial charge in [-0.05, 0) is 6.07 Å². The fourth-order valence-corrected chi connectivity index (χ4v) is 2.38. The second kappa shape index (κ2) is 3.29. The Hall–Kier alpha value is -1.00. The van der Waals surface area contributed by atoms with Crippen LogP contribution in [0.25, 0.3) is 10.1 Å². The van der Waals surface area contributed by atoms with Crippen LogP contribution in [0, 0.1) is 0 Å². The molecular formula is C10H9F2NS. The molecule has 0 spiro atoms. The summed E-state index contributed by atoms with van der Waals surface area (Å²) < 4.78 is 27.5. The van der Waals surface area contributed by atoms with Gasteiger partial charge in [-0.25, -0.2) is 0 Å². The molecule has 1 nitrogen and oxygen atoms in total. The van der Waals surface area contributed by atoms with Crippen molar-refractivity contribution in [3.63, 3.8) is 0 Å². The fourth-order valence-electron chi connectivity index (χ4n) is 1.37. The van der Waals surface area contributed by atoms with Crippen molar-refractivity contribution >= 4 is 21.4 Å². The van der Waals surface area contributed by atoms with Crippen LogP contribution in [-0.4, -0.2) is 6.54 Å². The van der Waals surface area contributed by atoms with E-state index in [2.05, 4.69) is 0 Å². The molecule has 2 N–H and O–H groups in total. The average Bonchev–Trinajstić information content (AvgIpc) is 2.61. The highest BCUT2D eigenvalue weighted by Crippen LogP contribution is 2.36. The maximum absolute atomic E-state index is 13.3. The standard InChI is InChI=1S/C10H9F2NS/c11-10(12,6-13)8-5-14-9-4-2-1-3-7(8)9/h1-5H,6,13H2. The molecule has 0 fully saturated rings. The number of hydrogen-bond acceptors (Lipinski definition) is 2. The van der Waals surface area contributed by atoms with Crippen molar-refractivity contribution < 1.29 is 8.78 Å². The van der Waals surface area contributed by atoms with Crippen LogP contribution in [0.3, 0.4) is 0 Å². The highest BCUT2D eigenvalue weighted by molar-refractivity contribution is 7.17. The Morgan fingerprint density at radius 2 is 2.00 bits per heavy atom. The summed E-state index contributed by atoms with van der Waals surface area (Å²) in [6, 6.07) is 7.12. The van der Waals surface area contributed by atoms with Crippen LogP contribution in [0.4, 0.5) is 8.78 Å². The zero-order valence-electron chi connectivity index (χ0n) is 7.34. The van der Waals surface area contributed by atoms with Crippen molar-refractivity contribution in [2.45, 2.75) is 5.92 Å². The minimum atomic E-state index is -2.92. The number of alkyl halides is 2. The van der Waals surface area contributed by atoms with E-state index < -0.39 is 12.5 Å². The normalized spacial score (nSPS) is 12.2. The first kappa shape index (κ1) is 9.55. The van der Waals surface area contributed by atoms with Crippen LogP contribution in [0.2, 0.25) is 0 Å². The van der Waals surface area contributed by atoms with Gasteiger partial charge in [-0.2, -0.15) is 8.78 Å². The predicted octanol–water partition coefficient (Wildman–Crippen LogP) is 2.95. The van der Waals surface area contributed by atoms with Gasteiger partial charge in [-0.15, -0.1) is 11.3 Å². The van der Waals surface area contributed by atoms with Crippen LogP contribution < -0.4 is 5.73 Å². The Labute approximate surface area is 84.2 Å². The number of fused-ring (bicyclic) bond motifs is 1. The summed E-state index contributed by atoms with van der Waals surface area (Å²) in [5.41, 5.74) is 5.09. The Balaban J connectivity index is 2.64. The summed E-state index contributed by atoms with van der Waals surface area (Å²) in [4.78, 5) is 0. The van der Waals surface area contributed by atoms with Crippen molar-refractivity contribution in [3.8, 4) is 0 Å². The van der Waals surface area contributed by atoms with E-state index in [0.717, 1.165) is 4.70 Å². The second-order valence-corrected chi connectivity index (χ2v) is 3.97. The molecule has 74 valence electrons. The predicted molar refractivity (Wildman–Crippen MR) is 54.8 cm³/mol. The van der Waals surface area contributed by atoms with Crippen LogP contribution in [-0.2, 0) is 5.92 Å². The van der Waals surface area contributed by atoms with E-state index in [1.165, 1.54) is 16.7 Å². The van der Waals surface area contributed by atoms with E-state index in [-0.39, 0.29) is 5.56 Å². The molecule has 1 aromatic carbocycles. The zero-order chi connectivity index (χ0) is 10.2. The summed E-state index contributed by atoms with van der Waals surface area (Å²) in [6.07, 6.45) is 0. The van der Waals surface area contributed by atoms with E-state index in [4.69, 9.17) is 5.73 Å². The summed E-state index contributed by atoms with van der Waals surface area (Å²) in [5, 5.41) is 2.09. The third-order valence-corrected chi connectivity index (χ3v) is 3.09. The van der Waals surface area contributed by atoms with Crippen LogP contribution in [0.1, 0.15) is 5.56 Å². The second-order valence-electron chi connectivity index (χ2n) is 3.05. The maximum atomic E-state index is 13.3. The summed E-state index contributed by atoms with van der Waals surface area (Å²) in [7, 11) is 0. The molecule has 0 amide bonds. The number of benzene rings is 1. The smallest absolute Gasteiger partial charge is 0.286 e. The third-order valence-electron chi connectivity index (χ3n) is 2.13. The van der Waals surface area contributed by atoms with E-state index >= 15 is 0 Å². The van der Waals surface area contributed by atoms with Gasteiger partial charge >= 0.3 is 0 Å². The maximum Gasteiger partial charge on any atom is 0.286 e. The summed E-state index contributed by atoms with van der Waals surface area (Å²) in [5.74, 6) is -2.92. The van der Waals surface area contributed by atoms with E-state index in [1.807, 2.05) is 12.1 Å². The Bertz CT molecular complexity index is 450. The molecule has 14 heavy (non-hydrogen) atoms. The van der Waals surface area contributed by atoms with E-state index in [9.17, 15) is 8.78 Å². The summed E-state index contributed by atoms with van der Waals surface area (Å²) in [6.45, 7) is -0.645. The number of hydrogen-bond donors (Lipinski definition) is 1. The lowest BCUT2D eigenvalue weighted by Gasteiger charge is -2.12. The number of thiophene rings is 1. The molecule has 0 radical (unpaired) electrons. The lowest BCUT2D eigenvalue weighted by molar-refractivity contribution is 0.00790. The Morgan fingerprint density at radius 1 is 1.29 bits per heavy atom. The lowest BCUT2D eigenvalue weighted by atomic mass is 10.1. The first-order chi connectivity index (χ1) is 6.65. The number of nitrogens with two attached hydrogens (primary N) is 1. The van der Waals surface area contributed by atoms with Crippen molar-refractivity contribution in [2.24, 2.45) is 5.73 Å². The average molecular weight is 213 g/mol. The fraction of sp³-hybridized carbons (Fsp3) is 0.200. The topological polar surface area (TPSA) is 26.0 Å². The molecule has 2 rings (SSSR count). The molecule has 2 aromatic rings. The van der Waals surface area contributed by atoms with Gasteiger partial charge < -0.3 is 5.73 Å². The molecule has 1 aromatic heterocycles. The molecular weight excluding hydrogens is 204 g/mol. The number of rotatable bonds is 2. The van der Waals surface area contributed by atoms with Gasteiger partial charge in [-0.3, -0.25) is 0 Å². The van der Waals surface area contributed by atoms with Crippen molar-refractivity contribution in [1.29, 1.82) is 0 Å². The molecule has 1 heterocycles.